The Morgan fingerprint density at radius 1 is 1.17 bits per heavy atom. The van der Waals surface area contributed by atoms with E-state index in [2.05, 4.69) is 14.9 Å². The number of nitrogens with two attached hydrogens (primary N) is 1. The number of ether oxygens (including phenoxy) is 1. The summed E-state index contributed by atoms with van der Waals surface area (Å²) in [5.74, 6) is 1.79. The molecule has 2 N–H and O–H groups in total. The van der Waals surface area contributed by atoms with E-state index >= 15 is 0 Å². The lowest BCUT2D eigenvalue weighted by molar-refractivity contribution is -0.129. The van der Waals surface area contributed by atoms with Gasteiger partial charge in [-0.1, -0.05) is 0 Å². The van der Waals surface area contributed by atoms with Crippen LogP contribution in [0.5, 0.6) is 0 Å². The molecule has 2 aliphatic rings. The number of rotatable bonds is 2. The average Bonchev–Trinajstić information content (AvgIpc) is 3.12. The third-order valence-corrected chi connectivity index (χ3v) is 6.62. The first kappa shape index (κ1) is 18.2. The standard InChI is InChI=1S/C19H21N7O2S/c1-11(27)26-3-2-14-13(10-26)15-16(29-14)18(25-4-6-28-7-5-25)24-17(23-15)12-8-21-19(20)22-9-12/h8-9H,2-7,10H2,1H3,(H2,20,21,22). The van der Waals surface area contributed by atoms with E-state index in [9.17, 15) is 4.79 Å². The summed E-state index contributed by atoms with van der Waals surface area (Å²) in [5.41, 5.74) is 8.40. The number of amides is 1. The molecular formula is C19H21N7O2S. The lowest BCUT2D eigenvalue weighted by Crippen LogP contribution is -2.37. The number of carbonyl (C=O) groups excluding carboxylic acids is 1. The molecule has 3 aromatic heterocycles. The van der Waals surface area contributed by atoms with Gasteiger partial charge in [-0.3, -0.25) is 4.79 Å². The van der Waals surface area contributed by atoms with Crippen molar-refractivity contribution in [3.8, 4) is 11.4 Å². The van der Waals surface area contributed by atoms with Crippen LogP contribution in [0.2, 0.25) is 0 Å². The molecular weight excluding hydrogens is 390 g/mol. The van der Waals surface area contributed by atoms with Crippen LogP contribution in [0.3, 0.4) is 0 Å². The molecule has 0 spiro atoms. The highest BCUT2D eigenvalue weighted by Crippen LogP contribution is 2.40. The number of nitrogens with zero attached hydrogens (tertiary/aromatic N) is 6. The molecule has 1 fully saturated rings. The number of nitrogen functional groups attached to an aromatic ring is 1. The maximum Gasteiger partial charge on any atom is 0.219 e. The van der Waals surface area contributed by atoms with Crippen molar-refractivity contribution in [2.24, 2.45) is 0 Å². The summed E-state index contributed by atoms with van der Waals surface area (Å²) in [7, 11) is 0. The van der Waals surface area contributed by atoms with E-state index in [1.54, 1.807) is 30.7 Å². The number of thiophene rings is 1. The summed E-state index contributed by atoms with van der Waals surface area (Å²) in [6.07, 6.45) is 4.14. The molecule has 1 saturated heterocycles. The average molecular weight is 411 g/mol. The van der Waals surface area contributed by atoms with Gasteiger partial charge >= 0.3 is 0 Å². The number of morpholine rings is 1. The van der Waals surface area contributed by atoms with Crippen molar-refractivity contribution >= 4 is 39.2 Å². The lowest BCUT2D eigenvalue weighted by atomic mass is 10.1. The third-order valence-electron chi connectivity index (χ3n) is 5.34. The molecule has 150 valence electrons. The van der Waals surface area contributed by atoms with Crippen LogP contribution in [0.1, 0.15) is 17.4 Å². The predicted molar refractivity (Wildman–Crippen MR) is 111 cm³/mol. The first-order valence-electron chi connectivity index (χ1n) is 9.58. The van der Waals surface area contributed by atoms with Gasteiger partial charge in [-0.25, -0.2) is 19.9 Å². The van der Waals surface area contributed by atoms with Crippen molar-refractivity contribution in [3.63, 3.8) is 0 Å². The number of fused-ring (bicyclic) bond motifs is 3. The third kappa shape index (κ3) is 3.28. The van der Waals surface area contributed by atoms with Crippen molar-refractivity contribution in [2.75, 3.05) is 43.5 Å². The van der Waals surface area contributed by atoms with Crippen LogP contribution in [0.15, 0.2) is 12.4 Å². The Bertz CT molecular complexity index is 1080. The zero-order chi connectivity index (χ0) is 20.0. The Morgan fingerprint density at radius 2 is 1.93 bits per heavy atom. The van der Waals surface area contributed by atoms with E-state index in [1.165, 1.54) is 4.88 Å². The van der Waals surface area contributed by atoms with Gasteiger partial charge < -0.3 is 20.3 Å². The second-order valence-electron chi connectivity index (χ2n) is 7.17. The Kier molecular flexibility index (Phi) is 4.51. The normalized spacial score (nSPS) is 16.9. The highest BCUT2D eigenvalue weighted by molar-refractivity contribution is 7.19. The van der Waals surface area contributed by atoms with Crippen molar-refractivity contribution in [1.82, 2.24) is 24.8 Å². The largest absolute Gasteiger partial charge is 0.378 e. The fraction of sp³-hybridized carbons (Fsp3) is 0.421. The van der Waals surface area contributed by atoms with Crippen LogP contribution >= 0.6 is 11.3 Å². The highest BCUT2D eigenvalue weighted by atomic mass is 32.1. The molecule has 3 aromatic rings. The van der Waals surface area contributed by atoms with Gasteiger partial charge in [-0.2, -0.15) is 0 Å². The van der Waals surface area contributed by atoms with Gasteiger partial charge in [0, 0.05) is 55.9 Å². The van der Waals surface area contributed by atoms with Crippen molar-refractivity contribution in [1.29, 1.82) is 0 Å². The summed E-state index contributed by atoms with van der Waals surface area (Å²) in [6, 6.07) is 0. The second kappa shape index (κ2) is 7.20. The molecule has 0 aromatic carbocycles. The maximum absolute atomic E-state index is 11.9. The molecule has 0 radical (unpaired) electrons. The Labute approximate surface area is 171 Å². The minimum Gasteiger partial charge on any atom is -0.378 e. The molecule has 9 nitrogen and oxygen atoms in total. The number of hydrogen-bond acceptors (Lipinski definition) is 9. The van der Waals surface area contributed by atoms with Crippen LogP contribution in [0, 0.1) is 0 Å². The number of aromatic nitrogens is 4. The smallest absolute Gasteiger partial charge is 0.219 e. The molecule has 5 heterocycles. The van der Waals surface area contributed by atoms with Crippen LogP contribution in [0.4, 0.5) is 11.8 Å². The number of hydrogen-bond donors (Lipinski definition) is 1. The first-order valence-corrected chi connectivity index (χ1v) is 10.4. The number of carbonyl (C=O) groups is 1. The van der Waals surface area contributed by atoms with Gasteiger partial charge in [0.2, 0.25) is 11.9 Å². The minimum atomic E-state index is 0.0876. The van der Waals surface area contributed by atoms with Gasteiger partial charge in [0.1, 0.15) is 0 Å². The molecule has 0 aliphatic carbocycles. The number of anilines is 2. The molecule has 0 bridgehead atoms. The molecule has 10 heteroatoms. The van der Waals surface area contributed by atoms with E-state index in [4.69, 9.17) is 20.4 Å². The maximum atomic E-state index is 11.9. The van der Waals surface area contributed by atoms with E-state index in [-0.39, 0.29) is 11.9 Å². The Morgan fingerprint density at radius 3 is 2.66 bits per heavy atom. The van der Waals surface area contributed by atoms with Crippen LogP contribution < -0.4 is 10.6 Å². The van der Waals surface area contributed by atoms with Crippen LogP contribution in [-0.4, -0.2) is 63.6 Å². The lowest BCUT2D eigenvalue weighted by Gasteiger charge is -2.28. The molecule has 0 saturated carbocycles. The summed E-state index contributed by atoms with van der Waals surface area (Å²) in [4.78, 5) is 35.3. The van der Waals surface area contributed by atoms with E-state index in [1.807, 2.05) is 4.90 Å². The van der Waals surface area contributed by atoms with Gasteiger partial charge in [0.05, 0.1) is 29.0 Å². The fourth-order valence-electron chi connectivity index (χ4n) is 3.77. The Balaban J connectivity index is 1.69. The van der Waals surface area contributed by atoms with Gasteiger partial charge in [0.25, 0.3) is 0 Å². The molecule has 0 atom stereocenters. The van der Waals surface area contributed by atoms with E-state index in [0.717, 1.165) is 53.2 Å². The molecule has 29 heavy (non-hydrogen) atoms. The highest BCUT2D eigenvalue weighted by Gasteiger charge is 2.27. The fourth-order valence-corrected chi connectivity index (χ4v) is 5.02. The zero-order valence-electron chi connectivity index (χ0n) is 16.1. The molecule has 1 amide bonds. The van der Waals surface area contributed by atoms with Crippen LogP contribution in [-0.2, 0) is 22.5 Å². The summed E-state index contributed by atoms with van der Waals surface area (Å²) in [5, 5.41) is 0. The SMILES string of the molecule is CC(=O)N1CCc2sc3c(N4CCOCC4)nc(-c4cnc(N)nc4)nc3c2C1. The van der Waals surface area contributed by atoms with Crippen molar-refractivity contribution < 1.29 is 9.53 Å². The Hall–Kier alpha value is -2.85. The molecule has 2 aliphatic heterocycles. The summed E-state index contributed by atoms with van der Waals surface area (Å²) >= 11 is 1.74. The van der Waals surface area contributed by atoms with Gasteiger partial charge in [-0.15, -0.1) is 11.3 Å². The monoisotopic (exact) mass is 411 g/mol. The molecule has 5 rings (SSSR count). The minimum absolute atomic E-state index is 0.0876. The van der Waals surface area contributed by atoms with Crippen molar-refractivity contribution in [3.05, 3.63) is 22.8 Å². The quantitative estimate of drug-likeness (QED) is 0.675. The zero-order valence-corrected chi connectivity index (χ0v) is 16.9. The van der Waals surface area contributed by atoms with E-state index < -0.39 is 0 Å². The van der Waals surface area contributed by atoms with E-state index in [0.29, 0.717) is 25.6 Å². The van der Waals surface area contributed by atoms with Crippen LogP contribution in [0.25, 0.3) is 21.6 Å². The summed E-state index contributed by atoms with van der Waals surface area (Å²) in [6.45, 7) is 5.86. The summed E-state index contributed by atoms with van der Waals surface area (Å²) < 4.78 is 6.59. The topological polar surface area (TPSA) is 110 Å². The van der Waals surface area contributed by atoms with Gasteiger partial charge in [-0.05, 0) is 6.42 Å². The predicted octanol–water partition coefficient (Wildman–Crippen LogP) is 1.47. The van der Waals surface area contributed by atoms with Gasteiger partial charge in [0.15, 0.2) is 11.6 Å². The molecule has 0 unspecified atom stereocenters. The first-order chi connectivity index (χ1) is 14.1. The van der Waals surface area contributed by atoms with Crippen molar-refractivity contribution in [2.45, 2.75) is 19.9 Å². The second-order valence-corrected chi connectivity index (χ2v) is 8.28.